The molecule has 1 heterocycles. The third kappa shape index (κ3) is 3.95. The third-order valence-electron chi connectivity index (χ3n) is 3.79. The first-order chi connectivity index (χ1) is 9.45. The summed E-state index contributed by atoms with van der Waals surface area (Å²) in [6.07, 6.45) is 1.80. The van der Waals surface area contributed by atoms with E-state index in [1.165, 1.54) is 28.6 Å². The highest BCUT2D eigenvalue weighted by atomic mass is 35.5. The fourth-order valence-corrected chi connectivity index (χ4v) is 4.01. The summed E-state index contributed by atoms with van der Waals surface area (Å²) in [6, 6.07) is 8.01. The van der Waals surface area contributed by atoms with Gasteiger partial charge in [-0.15, -0.1) is 12.4 Å². The summed E-state index contributed by atoms with van der Waals surface area (Å²) in [5.41, 5.74) is 6.35. The molecule has 0 radical (unpaired) electrons. The zero-order valence-corrected chi connectivity index (χ0v) is 13.5. The van der Waals surface area contributed by atoms with Gasteiger partial charge in [0.1, 0.15) is 0 Å². The Labute approximate surface area is 132 Å². The monoisotopic (exact) mass is 329 g/mol. The minimum absolute atomic E-state index is 0. The van der Waals surface area contributed by atoms with Crippen molar-refractivity contribution in [2.75, 3.05) is 13.1 Å². The van der Waals surface area contributed by atoms with Gasteiger partial charge in [-0.1, -0.05) is 0 Å². The number of benzene rings is 1. The van der Waals surface area contributed by atoms with Crippen molar-refractivity contribution in [2.24, 2.45) is 11.7 Å². The number of sulfonamides is 1. The van der Waals surface area contributed by atoms with Crippen LogP contribution >= 0.6 is 12.4 Å². The van der Waals surface area contributed by atoms with Gasteiger partial charge in [0.25, 0.3) is 0 Å². The first-order valence-electron chi connectivity index (χ1n) is 6.71. The molecule has 2 rings (SSSR count). The van der Waals surface area contributed by atoms with Crippen LogP contribution in [0.15, 0.2) is 29.2 Å². The molecule has 1 fully saturated rings. The number of halogens is 1. The SMILES string of the molecule is CC(N)C1CCCN(S(=O)(=O)c2ccc(C#N)cc2)C1.Cl. The van der Waals surface area contributed by atoms with Gasteiger partial charge in [-0.2, -0.15) is 9.57 Å². The topological polar surface area (TPSA) is 87.2 Å². The van der Waals surface area contributed by atoms with E-state index in [2.05, 4.69) is 0 Å². The van der Waals surface area contributed by atoms with Crippen molar-refractivity contribution in [3.05, 3.63) is 29.8 Å². The molecule has 0 aromatic heterocycles. The molecule has 1 aliphatic rings. The van der Waals surface area contributed by atoms with Gasteiger partial charge in [0.15, 0.2) is 0 Å². The molecule has 1 aromatic rings. The normalized spacial score (nSPS) is 21.1. The van der Waals surface area contributed by atoms with Crippen molar-refractivity contribution in [2.45, 2.75) is 30.7 Å². The zero-order valence-electron chi connectivity index (χ0n) is 11.9. The Morgan fingerprint density at radius 3 is 2.52 bits per heavy atom. The van der Waals surface area contributed by atoms with E-state index in [4.69, 9.17) is 11.0 Å². The molecule has 0 saturated carbocycles. The number of hydrogen-bond acceptors (Lipinski definition) is 4. The van der Waals surface area contributed by atoms with E-state index in [0.29, 0.717) is 18.7 Å². The first kappa shape index (κ1) is 17.9. The molecule has 5 nitrogen and oxygen atoms in total. The van der Waals surface area contributed by atoms with E-state index in [1.807, 2.05) is 13.0 Å². The average molecular weight is 330 g/mol. The van der Waals surface area contributed by atoms with Crippen molar-refractivity contribution in [1.29, 1.82) is 5.26 Å². The Kier molecular flexibility index (Phi) is 6.17. The molecule has 1 aromatic carbocycles. The second-order valence-electron chi connectivity index (χ2n) is 5.26. The maximum absolute atomic E-state index is 12.6. The standard InChI is InChI=1S/C14H19N3O2S.ClH/c1-11(16)13-3-2-8-17(10-13)20(18,19)14-6-4-12(9-15)5-7-14;/h4-7,11,13H,2-3,8,10,16H2,1H3;1H. The Morgan fingerprint density at radius 2 is 2.00 bits per heavy atom. The van der Waals surface area contributed by atoms with Crippen LogP contribution in [0.3, 0.4) is 0 Å². The second kappa shape index (κ2) is 7.23. The van der Waals surface area contributed by atoms with Gasteiger partial charge in [0.2, 0.25) is 10.0 Å². The van der Waals surface area contributed by atoms with E-state index in [9.17, 15) is 8.42 Å². The highest BCUT2D eigenvalue weighted by Gasteiger charge is 2.31. The van der Waals surface area contributed by atoms with Crippen LogP contribution in [0, 0.1) is 17.2 Å². The number of piperidine rings is 1. The summed E-state index contributed by atoms with van der Waals surface area (Å²) in [5, 5.41) is 8.75. The largest absolute Gasteiger partial charge is 0.328 e. The van der Waals surface area contributed by atoms with E-state index >= 15 is 0 Å². The molecule has 116 valence electrons. The number of rotatable bonds is 3. The van der Waals surface area contributed by atoms with Crippen molar-refractivity contribution in [3.8, 4) is 6.07 Å². The summed E-state index contributed by atoms with van der Waals surface area (Å²) in [5.74, 6) is 0.205. The van der Waals surface area contributed by atoms with E-state index in [0.717, 1.165) is 12.8 Å². The van der Waals surface area contributed by atoms with Gasteiger partial charge in [-0.25, -0.2) is 8.42 Å². The number of nitrogens with zero attached hydrogens (tertiary/aromatic N) is 2. The fourth-order valence-electron chi connectivity index (χ4n) is 2.47. The average Bonchev–Trinajstić information content (AvgIpc) is 2.47. The van der Waals surface area contributed by atoms with Gasteiger partial charge in [0.05, 0.1) is 16.5 Å². The molecule has 2 atom stereocenters. The van der Waals surface area contributed by atoms with Crippen LogP contribution in [0.5, 0.6) is 0 Å². The number of nitrogens with two attached hydrogens (primary N) is 1. The predicted octanol–water partition coefficient (Wildman–Crippen LogP) is 1.73. The first-order valence-corrected chi connectivity index (χ1v) is 8.15. The summed E-state index contributed by atoms with van der Waals surface area (Å²) in [6.45, 7) is 2.92. The van der Waals surface area contributed by atoms with E-state index in [-0.39, 0.29) is 29.3 Å². The molecule has 21 heavy (non-hydrogen) atoms. The predicted molar refractivity (Wildman–Crippen MR) is 83.5 cm³/mol. The Balaban J connectivity index is 0.00000220. The lowest BCUT2D eigenvalue weighted by Crippen LogP contribution is -2.44. The van der Waals surface area contributed by atoms with Crippen molar-refractivity contribution < 1.29 is 8.42 Å². The van der Waals surface area contributed by atoms with Gasteiger partial charge in [-0.3, -0.25) is 0 Å². The molecule has 0 bridgehead atoms. The number of nitriles is 1. The molecule has 0 spiro atoms. The van der Waals surface area contributed by atoms with Crippen LogP contribution in [0.2, 0.25) is 0 Å². The van der Waals surface area contributed by atoms with Crippen LogP contribution in [0.1, 0.15) is 25.3 Å². The van der Waals surface area contributed by atoms with Crippen molar-refractivity contribution >= 4 is 22.4 Å². The number of hydrogen-bond donors (Lipinski definition) is 1. The minimum atomic E-state index is -3.49. The smallest absolute Gasteiger partial charge is 0.243 e. The van der Waals surface area contributed by atoms with Crippen LogP contribution in [-0.4, -0.2) is 31.9 Å². The lowest BCUT2D eigenvalue weighted by molar-refractivity contribution is 0.243. The molecule has 7 heteroatoms. The van der Waals surface area contributed by atoms with Gasteiger partial charge in [-0.05, 0) is 49.9 Å². The van der Waals surface area contributed by atoms with Crippen molar-refractivity contribution in [1.82, 2.24) is 4.31 Å². The van der Waals surface area contributed by atoms with Gasteiger partial charge in [0, 0.05) is 19.1 Å². The maximum Gasteiger partial charge on any atom is 0.243 e. The Bertz CT molecular complexity index is 608. The zero-order chi connectivity index (χ0) is 14.8. The van der Waals surface area contributed by atoms with Gasteiger partial charge < -0.3 is 5.73 Å². The summed E-state index contributed by atoms with van der Waals surface area (Å²) in [4.78, 5) is 0.238. The lowest BCUT2D eigenvalue weighted by Gasteiger charge is -2.33. The highest BCUT2D eigenvalue weighted by molar-refractivity contribution is 7.89. The summed E-state index contributed by atoms with van der Waals surface area (Å²) < 4.78 is 26.6. The van der Waals surface area contributed by atoms with E-state index in [1.54, 1.807) is 0 Å². The minimum Gasteiger partial charge on any atom is -0.328 e. The second-order valence-corrected chi connectivity index (χ2v) is 7.20. The van der Waals surface area contributed by atoms with Crippen LogP contribution in [0.25, 0.3) is 0 Å². The van der Waals surface area contributed by atoms with Crippen LogP contribution < -0.4 is 5.73 Å². The third-order valence-corrected chi connectivity index (χ3v) is 5.66. The van der Waals surface area contributed by atoms with Crippen LogP contribution in [0.4, 0.5) is 0 Å². The summed E-state index contributed by atoms with van der Waals surface area (Å²) in [7, 11) is -3.49. The van der Waals surface area contributed by atoms with Crippen molar-refractivity contribution in [3.63, 3.8) is 0 Å². The summed E-state index contributed by atoms with van der Waals surface area (Å²) >= 11 is 0. The Hall–Kier alpha value is -1.13. The molecular weight excluding hydrogens is 310 g/mol. The fraction of sp³-hybridized carbons (Fsp3) is 0.500. The molecule has 0 aliphatic carbocycles. The molecule has 1 aliphatic heterocycles. The highest BCUT2D eigenvalue weighted by Crippen LogP contribution is 2.25. The molecule has 2 N–H and O–H groups in total. The molecule has 0 amide bonds. The van der Waals surface area contributed by atoms with Crippen LogP contribution in [-0.2, 0) is 10.0 Å². The Morgan fingerprint density at radius 1 is 1.38 bits per heavy atom. The quantitative estimate of drug-likeness (QED) is 0.914. The maximum atomic E-state index is 12.6. The molecular formula is C14H20ClN3O2S. The lowest BCUT2D eigenvalue weighted by atomic mass is 9.93. The molecule has 2 unspecified atom stereocenters. The van der Waals surface area contributed by atoms with E-state index < -0.39 is 10.0 Å². The molecule has 1 saturated heterocycles. The van der Waals surface area contributed by atoms with Gasteiger partial charge >= 0.3 is 0 Å².